The number of rotatable bonds is 2. The van der Waals surface area contributed by atoms with E-state index < -0.39 is 11.8 Å². The van der Waals surface area contributed by atoms with Gasteiger partial charge in [0, 0.05) is 0 Å². The number of nitrogens with one attached hydrogen (secondary N) is 1. The van der Waals surface area contributed by atoms with Crippen LogP contribution >= 0.6 is 12.2 Å². The zero-order valence-corrected chi connectivity index (χ0v) is 15.9. The maximum absolute atomic E-state index is 12.9. The number of furan rings is 1. The molecule has 26 heavy (non-hydrogen) atoms. The van der Waals surface area contributed by atoms with E-state index in [1.165, 1.54) is 11.0 Å². The highest BCUT2D eigenvalue weighted by Crippen LogP contribution is 2.27. The van der Waals surface area contributed by atoms with E-state index in [9.17, 15) is 9.59 Å². The molecule has 2 amide bonds. The van der Waals surface area contributed by atoms with E-state index in [-0.39, 0.29) is 16.1 Å². The molecule has 5 nitrogen and oxygen atoms in total. The number of carbonyl (C=O) groups is 2. The van der Waals surface area contributed by atoms with Crippen molar-refractivity contribution >= 4 is 40.9 Å². The number of hydrogen-bond donors (Lipinski definition) is 1. The Morgan fingerprint density at radius 2 is 1.73 bits per heavy atom. The Bertz CT molecular complexity index is 917. The summed E-state index contributed by atoms with van der Waals surface area (Å²) in [5.74, 6) is 0.135. The van der Waals surface area contributed by atoms with E-state index >= 15 is 0 Å². The number of anilines is 1. The molecule has 0 spiro atoms. The van der Waals surface area contributed by atoms with E-state index in [1.54, 1.807) is 19.1 Å². The van der Waals surface area contributed by atoms with Crippen LogP contribution in [-0.2, 0) is 15.0 Å². The Morgan fingerprint density at radius 1 is 1.08 bits per heavy atom. The quantitative estimate of drug-likeness (QED) is 0.499. The van der Waals surface area contributed by atoms with Gasteiger partial charge in [0.15, 0.2) is 5.11 Å². The van der Waals surface area contributed by atoms with Crippen molar-refractivity contribution in [3.8, 4) is 0 Å². The fourth-order valence-corrected chi connectivity index (χ4v) is 2.96. The van der Waals surface area contributed by atoms with Crippen LogP contribution in [0.2, 0.25) is 0 Å². The number of nitrogens with zero attached hydrogens (tertiary/aromatic N) is 1. The summed E-state index contributed by atoms with van der Waals surface area (Å²) in [4.78, 5) is 26.5. The van der Waals surface area contributed by atoms with E-state index in [0.717, 1.165) is 5.56 Å². The predicted molar refractivity (Wildman–Crippen MR) is 105 cm³/mol. The SMILES string of the molecule is Cc1ccc(/C=C2\C(=O)NC(=S)N(c3ccc(C(C)(C)C)cc3)C2=O)o1. The first-order chi connectivity index (χ1) is 12.2. The van der Waals surface area contributed by atoms with Crippen molar-refractivity contribution in [1.29, 1.82) is 0 Å². The number of hydrogen-bond acceptors (Lipinski definition) is 4. The molecule has 0 unspecified atom stereocenters. The fraction of sp³-hybridized carbons (Fsp3) is 0.250. The highest BCUT2D eigenvalue weighted by Gasteiger charge is 2.34. The molecule has 1 aliphatic heterocycles. The molecule has 0 bridgehead atoms. The van der Waals surface area contributed by atoms with Crippen LogP contribution < -0.4 is 10.2 Å². The molecular formula is C20H20N2O3S. The molecule has 1 fully saturated rings. The number of amides is 2. The molecule has 6 heteroatoms. The molecule has 2 aromatic rings. The molecule has 1 aliphatic rings. The summed E-state index contributed by atoms with van der Waals surface area (Å²) in [5, 5.41) is 2.63. The van der Waals surface area contributed by atoms with Gasteiger partial charge in [0.1, 0.15) is 17.1 Å². The van der Waals surface area contributed by atoms with Gasteiger partial charge in [-0.05, 0) is 60.5 Å². The van der Waals surface area contributed by atoms with Crippen molar-refractivity contribution in [2.75, 3.05) is 4.90 Å². The second-order valence-electron chi connectivity index (χ2n) is 7.20. The Hall–Kier alpha value is -2.73. The summed E-state index contributed by atoms with van der Waals surface area (Å²) >= 11 is 5.21. The summed E-state index contributed by atoms with van der Waals surface area (Å²) in [5.41, 5.74) is 1.73. The average Bonchev–Trinajstić information content (AvgIpc) is 2.96. The highest BCUT2D eigenvalue weighted by molar-refractivity contribution is 7.80. The van der Waals surface area contributed by atoms with Crippen LogP contribution in [0.25, 0.3) is 6.08 Å². The summed E-state index contributed by atoms with van der Waals surface area (Å²) in [6.07, 6.45) is 1.43. The predicted octanol–water partition coefficient (Wildman–Crippen LogP) is 3.72. The third-order valence-electron chi connectivity index (χ3n) is 4.14. The first kappa shape index (κ1) is 18.1. The molecule has 1 N–H and O–H groups in total. The molecule has 134 valence electrons. The number of carbonyl (C=O) groups excluding carboxylic acids is 2. The van der Waals surface area contributed by atoms with Crippen LogP contribution in [0, 0.1) is 6.92 Å². The van der Waals surface area contributed by atoms with Gasteiger partial charge in [0.25, 0.3) is 11.8 Å². The molecule has 0 radical (unpaired) electrons. The van der Waals surface area contributed by atoms with Crippen molar-refractivity contribution in [1.82, 2.24) is 5.32 Å². The first-order valence-electron chi connectivity index (χ1n) is 8.25. The summed E-state index contributed by atoms with van der Waals surface area (Å²) in [7, 11) is 0. The van der Waals surface area contributed by atoms with Gasteiger partial charge < -0.3 is 4.42 Å². The van der Waals surface area contributed by atoms with Crippen molar-refractivity contribution < 1.29 is 14.0 Å². The maximum Gasteiger partial charge on any atom is 0.270 e. The van der Waals surface area contributed by atoms with Crippen LogP contribution in [0.1, 0.15) is 37.9 Å². The molecule has 3 rings (SSSR count). The Balaban J connectivity index is 1.96. The first-order valence-corrected chi connectivity index (χ1v) is 8.66. The third kappa shape index (κ3) is 3.46. The Morgan fingerprint density at radius 3 is 2.27 bits per heavy atom. The van der Waals surface area contributed by atoms with Gasteiger partial charge in [-0.3, -0.25) is 19.8 Å². The fourth-order valence-electron chi connectivity index (χ4n) is 2.68. The van der Waals surface area contributed by atoms with Gasteiger partial charge >= 0.3 is 0 Å². The number of thiocarbonyl (C=S) groups is 1. The highest BCUT2D eigenvalue weighted by atomic mass is 32.1. The van der Waals surface area contributed by atoms with Crippen LogP contribution in [0.5, 0.6) is 0 Å². The maximum atomic E-state index is 12.9. The van der Waals surface area contributed by atoms with Gasteiger partial charge in [-0.1, -0.05) is 32.9 Å². The standard InChI is InChI=1S/C20H20N2O3S/c1-12-5-10-15(25-12)11-16-17(23)21-19(26)22(18(16)24)14-8-6-13(7-9-14)20(2,3)4/h5-11H,1-4H3,(H,21,23,26)/b16-11+. The van der Waals surface area contributed by atoms with Crippen LogP contribution in [0.3, 0.4) is 0 Å². The molecule has 0 aliphatic carbocycles. The molecule has 1 aromatic heterocycles. The number of aryl methyl sites for hydroxylation is 1. The molecule has 0 saturated carbocycles. The zero-order valence-electron chi connectivity index (χ0n) is 15.1. The lowest BCUT2D eigenvalue weighted by molar-refractivity contribution is -0.122. The molecular weight excluding hydrogens is 348 g/mol. The van der Waals surface area contributed by atoms with E-state index in [0.29, 0.717) is 17.2 Å². The van der Waals surface area contributed by atoms with Gasteiger partial charge in [-0.25, -0.2) is 0 Å². The Kier molecular flexibility index (Phi) is 4.54. The van der Waals surface area contributed by atoms with Gasteiger partial charge in [-0.2, -0.15) is 0 Å². The summed E-state index contributed by atoms with van der Waals surface area (Å²) in [6, 6.07) is 11.1. The number of benzene rings is 1. The van der Waals surface area contributed by atoms with E-state index in [1.807, 2.05) is 24.3 Å². The van der Waals surface area contributed by atoms with E-state index in [4.69, 9.17) is 16.6 Å². The molecule has 1 saturated heterocycles. The van der Waals surface area contributed by atoms with Crippen molar-refractivity contribution in [3.05, 3.63) is 59.1 Å². The summed E-state index contributed by atoms with van der Waals surface area (Å²) in [6.45, 7) is 8.14. The van der Waals surface area contributed by atoms with Gasteiger partial charge in [0.05, 0.1) is 5.69 Å². The average molecular weight is 368 g/mol. The lowest BCUT2D eigenvalue weighted by atomic mass is 9.87. The normalized spacial score (nSPS) is 17.0. The Labute approximate surface area is 157 Å². The lowest BCUT2D eigenvalue weighted by Crippen LogP contribution is -2.54. The minimum atomic E-state index is -0.531. The molecule has 0 atom stereocenters. The minimum Gasteiger partial charge on any atom is -0.462 e. The smallest absolute Gasteiger partial charge is 0.270 e. The van der Waals surface area contributed by atoms with E-state index in [2.05, 4.69) is 26.1 Å². The molecule has 1 aromatic carbocycles. The second kappa shape index (κ2) is 6.53. The topological polar surface area (TPSA) is 62.6 Å². The lowest BCUT2D eigenvalue weighted by Gasteiger charge is -2.29. The van der Waals surface area contributed by atoms with Crippen molar-refractivity contribution in [2.24, 2.45) is 0 Å². The van der Waals surface area contributed by atoms with Crippen LogP contribution in [-0.4, -0.2) is 16.9 Å². The summed E-state index contributed by atoms with van der Waals surface area (Å²) < 4.78 is 5.44. The molecule has 2 heterocycles. The van der Waals surface area contributed by atoms with Crippen molar-refractivity contribution in [3.63, 3.8) is 0 Å². The van der Waals surface area contributed by atoms with Gasteiger partial charge in [-0.15, -0.1) is 0 Å². The van der Waals surface area contributed by atoms with Crippen LogP contribution in [0.4, 0.5) is 5.69 Å². The minimum absolute atomic E-state index is 0.00136. The monoisotopic (exact) mass is 368 g/mol. The van der Waals surface area contributed by atoms with Crippen molar-refractivity contribution in [2.45, 2.75) is 33.1 Å². The zero-order chi connectivity index (χ0) is 19.1. The van der Waals surface area contributed by atoms with Gasteiger partial charge in [0.2, 0.25) is 0 Å². The van der Waals surface area contributed by atoms with Crippen LogP contribution in [0.15, 0.2) is 46.4 Å². The third-order valence-corrected chi connectivity index (χ3v) is 4.43. The largest absolute Gasteiger partial charge is 0.462 e. The second-order valence-corrected chi connectivity index (χ2v) is 7.59.